The van der Waals surface area contributed by atoms with E-state index in [4.69, 9.17) is 0 Å². The van der Waals surface area contributed by atoms with Gasteiger partial charge < -0.3 is 10.0 Å². The minimum Gasteiger partial charge on any atom is -0.391 e. The fourth-order valence-corrected chi connectivity index (χ4v) is 2.54. The molecule has 2 nitrogen and oxygen atoms in total. The molecule has 19 heavy (non-hydrogen) atoms. The van der Waals surface area contributed by atoms with Crippen LogP contribution in [0.2, 0.25) is 0 Å². The van der Waals surface area contributed by atoms with E-state index in [-0.39, 0.29) is 12.4 Å². The van der Waals surface area contributed by atoms with Crippen LogP contribution in [-0.4, -0.2) is 17.7 Å². The van der Waals surface area contributed by atoms with E-state index >= 15 is 0 Å². The van der Waals surface area contributed by atoms with Crippen molar-refractivity contribution in [3.05, 3.63) is 29.6 Å². The molecule has 0 spiro atoms. The van der Waals surface area contributed by atoms with Crippen LogP contribution in [0.15, 0.2) is 18.2 Å². The third-order valence-electron chi connectivity index (χ3n) is 3.51. The van der Waals surface area contributed by atoms with Crippen LogP contribution in [0, 0.1) is 11.7 Å². The fourth-order valence-electron chi connectivity index (χ4n) is 2.54. The third kappa shape index (κ3) is 3.93. The maximum atomic E-state index is 13.8. The van der Waals surface area contributed by atoms with E-state index in [0.717, 1.165) is 25.1 Å². The van der Waals surface area contributed by atoms with E-state index in [9.17, 15) is 9.50 Å². The van der Waals surface area contributed by atoms with Gasteiger partial charge in [-0.1, -0.05) is 33.8 Å². The summed E-state index contributed by atoms with van der Waals surface area (Å²) in [5, 5.41) is 9.44. The number of aliphatic hydroxyl groups is 1. The fraction of sp³-hybridized carbons (Fsp3) is 0.625. The molecule has 1 rings (SSSR count). The molecule has 0 unspecified atom stereocenters. The highest BCUT2D eigenvalue weighted by atomic mass is 19.1. The minimum atomic E-state index is -0.320. The summed E-state index contributed by atoms with van der Waals surface area (Å²) < 4.78 is 13.8. The molecule has 1 aromatic carbocycles. The molecule has 0 fully saturated rings. The Kier molecular flexibility index (Phi) is 6.29. The molecular formula is C16H26FNO. The van der Waals surface area contributed by atoms with Crippen LogP contribution in [0.5, 0.6) is 0 Å². The number of rotatable bonds is 7. The zero-order valence-corrected chi connectivity index (χ0v) is 12.5. The Labute approximate surface area is 116 Å². The first-order valence-corrected chi connectivity index (χ1v) is 7.19. The summed E-state index contributed by atoms with van der Waals surface area (Å²) in [6.07, 6.45) is 2.04. The van der Waals surface area contributed by atoms with Crippen molar-refractivity contribution >= 4 is 5.69 Å². The molecule has 0 aromatic heterocycles. The Hall–Kier alpha value is -1.09. The Balaban J connectivity index is 3.19. The van der Waals surface area contributed by atoms with Gasteiger partial charge in [0.2, 0.25) is 0 Å². The quantitative estimate of drug-likeness (QED) is 0.808. The van der Waals surface area contributed by atoms with E-state index in [1.165, 1.54) is 6.07 Å². The van der Waals surface area contributed by atoms with Crippen LogP contribution >= 0.6 is 0 Å². The Morgan fingerprint density at radius 2 is 1.84 bits per heavy atom. The predicted molar refractivity (Wildman–Crippen MR) is 78.9 cm³/mol. The van der Waals surface area contributed by atoms with Gasteiger partial charge in [0.05, 0.1) is 6.61 Å². The number of hydrogen-bond donors (Lipinski definition) is 1. The minimum absolute atomic E-state index is 0.253. The number of benzene rings is 1. The van der Waals surface area contributed by atoms with Gasteiger partial charge in [-0.3, -0.25) is 0 Å². The molecule has 1 aromatic rings. The Morgan fingerprint density at radius 1 is 1.21 bits per heavy atom. The van der Waals surface area contributed by atoms with E-state index < -0.39 is 0 Å². The van der Waals surface area contributed by atoms with Crippen molar-refractivity contribution in [1.29, 1.82) is 0 Å². The summed E-state index contributed by atoms with van der Waals surface area (Å²) in [7, 11) is 0. The number of hydrogen-bond acceptors (Lipinski definition) is 2. The Bertz CT molecular complexity index is 388. The maximum absolute atomic E-state index is 13.8. The van der Waals surface area contributed by atoms with Crippen LogP contribution in [0.4, 0.5) is 10.1 Å². The lowest BCUT2D eigenvalue weighted by Crippen LogP contribution is -2.38. The molecule has 0 atom stereocenters. The van der Waals surface area contributed by atoms with Crippen molar-refractivity contribution in [2.45, 2.75) is 53.2 Å². The molecule has 0 aliphatic carbocycles. The van der Waals surface area contributed by atoms with Crippen LogP contribution in [0.3, 0.4) is 0 Å². The summed E-state index contributed by atoms with van der Waals surface area (Å²) >= 11 is 0. The zero-order chi connectivity index (χ0) is 14.4. The van der Waals surface area contributed by atoms with E-state index in [0.29, 0.717) is 17.5 Å². The van der Waals surface area contributed by atoms with Crippen LogP contribution < -0.4 is 4.90 Å². The smallest absolute Gasteiger partial charge is 0.130 e. The van der Waals surface area contributed by atoms with Gasteiger partial charge in [0.25, 0.3) is 0 Å². The average Bonchev–Trinajstić information content (AvgIpc) is 2.38. The van der Waals surface area contributed by atoms with Crippen LogP contribution in [0.1, 0.15) is 46.1 Å². The van der Waals surface area contributed by atoms with Crippen molar-refractivity contribution < 1.29 is 9.50 Å². The van der Waals surface area contributed by atoms with E-state index in [2.05, 4.69) is 32.6 Å². The Morgan fingerprint density at radius 3 is 2.32 bits per heavy atom. The molecule has 0 saturated heterocycles. The third-order valence-corrected chi connectivity index (χ3v) is 3.51. The molecule has 1 N–H and O–H groups in total. The second-order valence-corrected chi connectivity index (χ2v) is 5.41. The van der Waals surface area contributed by atoms with Gasteiger partial charge in [0.15, 0.2) is 0 Å². The summed E-state index contributed by atoms with van der Waals surface area (Å²) in [5.74, 6) is 0.176. The molecule has 0 amide bonds. The average molecular weight is 267 g/mol. The second-order valence-electron chi connectivity index (χ2n) is 5.41. The highest BCUT2D eigenvalue weighted by molar-refractivity contribution is 5.55. The lowest BCUT2D eigenvalue weighted by atomic mass is 10.0. The first-order valence-electron chi connectivity index (χ1n) is 7.19. The molecule has 0 radical (unpaired) electrons. The monoisotopic (exact) mass is 267 g/mol. The second kappa shape index (κ2) is 7.49. The van der Waals surface area contributed by atoms with Crippen molar-refractivity contribution in [1.82, 2.24) is 0 Å². The predicted octanol–water partition coefficient (Wildman–Crippen LogP) is 3.97. The SMILES string of the molecule is CCC(CC)N(CC(C)C)c1cccc(F)c1CO. The van der Waals surface area contributed by atoms with Crippen LogP contribution in [-0.2, 0) is 6.61 Å². The van der Waals surface area contributed by atoms with Gasteiger partial charge >= 0.3 is 0 Å². The number of nitrogens with zero attached hydrogens (tertiary/aromatic N) is 1. The molecule has 0 aliphatic heterocycles. The standard InChI is InChI=1S/C16H26FNO/c1-5-13(6-2)18(10-12(3)4)16-9-7-8-15(17)14(16)11-19/h7-9,12-13,19H,5-6,10-11H2,1-4H3. The van der Waals surface area contributed by atoms with Gasteiger partial charge in [-0.25, -0.2) is 4.39 Å². The number of aliphatic hydroxyl groups excluding tert-OH is 1. The molecule has 108 valence electrons. The van der Waals surface area contributed by atoms with E-state index in [1.807, 2.05) is 6.07 Å². The zero-order valence-electron chi connectivity index (χ0n) is 12.5. The number of anilines is 1. The van der Waals surface area contributed by atoms with Crippen molar-refractivity contribution in [2.75, 3.05) is 11.4 Å². The maximum Gasteiger partial charge on any atom is 0.130 e. The van der Waals surface area contributed by atoms with Gasteiger partial charge in [-0.2, -0.15) is 0 Å². The first kappa shape index (κ1) is 16.0. The van der Waals surface area contributed by atoms with Crippen molar-refractivity contribution in [2.24, 2.45) is 5.92 Å². The highest BCUT2D eigenvalue weighted by Gasteiger charge is 2.20. The van der Waals surface area contributed by atoms with Gasteiger partial charge in [0.1, 0.15) is 5.82 Å². The molecule has 0 heterocycles. The van der Waals surface area contributed by atoms with Crippen molar-refractivity contribution in [3.8, 4) is 0 Å². The molecular weight excluding hydrogens is 241 g/mol. The summed E-state index contributed by atoms with van der Waals surface area (Å²) in [4.78, 5) is 2.25. The normalized spacial score (nSPS) is 11.4. The van der Waals surface area contributed by atoms with Gasteiger partial charge in [0, 0.05) is 23.8 Å². The van der Waals surface area contributed by atoms with Gasteiger partial charge in [-0.05, 0) is 30.9 Å². The number of halogens is 1. The topological polar surface area (TPSA) is 23.5 Å². The van der Waals surface area contributed by atoms with Crippen molar-refractivity contribution in [3.63, 3.8) is 0 Å². The molecule has 3 heteroatoms. The van der Waals surface area contributed by atoms with E-state index in [1.54, 1.807) is 6.07 Å². The lowest BCUT2D eigenvalue weighted by molar-refractivity contribution is 0.275. The summed E-state index contributed by atoms with van der Waals surface area (Å²) in [6, 6.07) is 5.43. The van der Waals surface area contributed by atoms with Gasteiger partial charge in [-0.15, -0.1) is 0 Å². The largest absolute Gasteiger partial charge is 0.391 e. The summed E-state index contributed by atoms with van der Waals surface area (Å²) in [5.41, 5.74) is 1.25. The molecule has 0 bridgehead atoms. The lowest BCUT2D eigenvalue weighted by Gasteiger charge is -2.35. The molecule has 0 saturated carbocycles. The first-order chi connectivity index (χ1) is 9.04. The highest BCUT2D eigenvalue weighted by Crippen LogP contribution is 2.28. The summed E-state index contributed by atoms with van der Waals surface area (Å²) in [6.45, 7) is 9.25. The molecule has 0 aliphatic rings. The van der Waals surface area contributed by atoms with Crippen LogP contribution in [0.25, 0.3) is 0 Å².